The van der Waals surface area contributed by atoms with Gasteiger partial charge in [0.2, 0.25) is 0 Å². The van der Waals surface area contributed by atoms with Crippen molar-refractivity contribution in [1.29, 1.82) is 0 Å². The van der Waals surface area contributed by atoms with Crippen molar-refractivity contribution in [2.75, 3.05) is 33.4 Å². The maximum atomic E-state index is 11.9. The van der Waals surface area contributed by atoms with E-state index in [1.807, 2.05) is 0 Å². The molecule has 1 amide bonds. The van der Waals surface area contributed by atoms with Crippen molar-refractivity contribution < 1.29 is 24.0 Å². The van der Waals surface area contributed by atoms with E-state index in [1.54, 1.807) is 0 Å². The highest BCUT2D eigenvalue weighted by Crippen LogP contribution is 2.17. The van der Waals surface area contributed by atoms with E-state index in [2.05, 4.69) is 0 Å². The van der Waals surface area contributed by atoms with Gasteiger partial charge in [0.15, 0.2) is 5.76 Å². The summed E-state index contributed by atoms with van der Waals surface area (Å²) < 4.78 is 9.64. The lowest BCUT2D eigenvalue weighted by Gasteiger charge is -2.19. The highest BCUT2D eigenvalue weighted by molar-refractivity contribution is 5.91. The summed E-state index contributed by atoms with van der Waals surface area (Å²) in [6.45, 7) is 0.466. The lowest BCUT2D eigenvalue weighted by molar-refractivity contribution is -0.402. The average Bonchev–Trinajstić information content (AvgIpc) is 2.83. The predicted molar refractivity (Wildman–Crippen MR) is 60.2 cm³/mol. The molecule has 1 rings (SSSR count). The first-order valence-electron chi connectivity index (χ1n) is 5.23. The van der Waals surface area contributed by atoms with E-state index in [4.69, 9.17) is 14.3 Å². The summed E-state index contributed by atoms with van der Waals surface area (Å²) in [5.74, 6) is -1.14. The van der Waals surface area contributed by atoms with E-state index in [0.717, 1.165) is 6.07 Å². The van der Waals surface area contributed by atoms with Crippen LogP contribution in [0, 0.1) is 10.1 Å². The summed E-state index contributed by atoms with van der Waals surface area (Å²) in [6, 6.07) is 2.35. The largest absolute Gasteiger partial charge is 0.433 e. The summed E-state index contributed by atoms with van der Waals surface area (Å²) in [5.41, 5.74) is 0. The number of hydrogen-bond acceptors (Lipinski definition) is 6. The van der Waals surface area contributed by atoms with Gasteiger partial charge in [-0.1, -0.05) is 0 Å². The van der Waals surface area contributed by atoms with Gasteiger partial charge in [-0.25, -0.2) is 0 Å². The highest BCUT2D eigenvalue weighted by atomic mass is 16.6. The molecule has 18 heavy (non-hydrogen) atoms. The Kier molecular flexibility index (Phi) is 5.28. The van der Waals surface area contributed by atoms with Gasteiger partial charge in [-0.2, -0.15) is 0 Å². The van der Waals surface area contributed by atoms with Gasteiger partial charge in [0.1, 0.15) is 4.92 Å². The van der Waals surface area contributed by atoms with E-state index in [-0.39, 0.29) is 25.5 Å². The van der Waals surface area contributed by atoms with Gasteiger partial charge in [-0.3, -0.25) is 14.9 Å². The Morgan fingerprint density at radius 3 is 2.78 bits per heavy atom. The van der Waals surface area contributed by atoms with Crippen LogP contribution < -0.4 is 0 Å². The van der Waals surface area contributed by atoms with E-state index >= 15 is 0 Å². The number of ether oxygens (including phenoxy) is 1. The Balaban J connectivity index is 2.77. The van der Waals surface area contributed by atoms with Crippen LogP contribution in [0.5, 0.6) is 0 Å². The van der Waals surface area contributed by atoms with E-state index in [9.17, 15) is 14.9 Å². The first-order valence-corrected chi connectivity index (χ1v) is 5.23. The van der Waals surface area contributed by atoms with Crippen LogP contribution in [0.3, 0.4) is 0 Å². The van der Waals surface area contributed by atoms with Crippen LogP contribution in [0.2, 0.25) is 0 Å². The molecule has 0 aliphatic rings. The predicted octanol–water partition coefficient (Wildman–Crippen LogP) is 0.269. The number of methoxy groups -OCH3 is 1. The Hall–Kier alpha value is -1.93. The van der Waals surface area contributed by atoms with Crippen LogP contribution in [-0.2, 0) is 4.74 Å². The molecule has 0 saturated carbocycles. The zero-order valence-corrected chi connectivity index (χ0v) is 9.87. The molecule has 0 unspecified atom stereocenters. The first kappa shape index (κ1) is 14.1. The van der Waals surface area contributed by atoms with Crippen LogP contribution >= 0.6 is 0 Å². The SMILES string of the molecule is COCCN(CCO)C(=O)c1ccc([N+](=O)[O-])o1. The Bertz CT molecular complexity index is 416. The minimum atomic E-state index is -0.720. The minimum absolute atomic E-state index is 0.108. The zero-order chi connectivity index (χ0) is 13.5. The monoisotopic (exact) mass is 258 g/mol. The number of nitrogens with zero attached hydrogens (tertiary/aromatic N) is 2. The Morgan fingerprint density at radius 2 is 2.28 bits per heavy atom. The van der Waals surface area contributed by atoms with Crippen LogP contribution in [0.15, 0.2) is 16.5 Å². The molecule has 8 nitrogen and oxygen atoms in total. The summed E-state index contributed by atoms with van der Waals surface area (Å²) in [6.07, 6.45) is 0. The fourth-order valence-corrected chi connectivity index (χ4v) is 1.33. The maximum absolute atomic E-state index is 11.9. The first-order chi connectivity index (χ1) is 8.60. The molecule has 0 atom stereocenters. The number of aliphatic hydroxyl groups excluding tert-OH is 1. The van der Waals surface area contributed by atoms with Gasteiger partial charge in [-0.05, 0) is 6.07 Å². The Morgan fingerprint density at radius 1 is 1.56 bits per heavy atom. The third-order valence-corrected chi connectivity index (χ3v) is 2.21. The second-order valence-corrected chi connectivity index (χ2v) is 3.40. The minimum Gasteiger partial charge on any atom is -0.395 e. The lowest BCUT2D eigenvalue weighted by atomic mass is 10.3. The number of hydrogen-bond donors (Lipinski definition) is 1. The average molecular weight is 258 g/mol. The highest BCUT2D eigenvalue weighted by Gasteiger charge is 2.21. The molecule has 1 heterocycles. The number of rotatable bonds is 7. The van der Waals surface area contributed by atoms with Crippen molar-refractivity contribution in [2.24, 2.45) is 0 Å². The smallest absolute Gasteiger partial charge is 0.395 e. The van der Waals surface area contributed by atoms with Gasteiger partial charge in [0.05, 0.1) is 19.3 Å². The molecular weight excluding hydrogens is 244 g/mol. The topological polar surface area (TPSA) is 106 Å². The molecule has 8 heteroatoms. The number of amides is 1. The van der Waals surface area contributed by atoms with Gasteiger partial charge < -0.3 is 19.2 Å². The number of carbonyl (C=O) groups excluding carboxylic acids is 1. The maximum Gasteiger partial charge on any atom is 0.433 e. The zero-order valence-electron chi connectivity index (χ0n) is 9.87. The molecule has 0 radical (unpaired) electrons. The fourth-order valence-electron chi connectivity index (χ4n) is 1.33. The number of nitro groups is 1. The third kappa shape index (κ3) is 3.54. The Labute approximate surface area is 103 Å². The van der Waals surface area contributed by atoms with Crippen LogP contribution in [0.1, 0.15) is 10.6 Å². The molecule has 1 N–H and O–H groups in total. The van der Waals surface area contributed by atoms with Crippen LogP contribution in [0.4, 0.5) is 5.88 Å². The van der Waals surface area contributed by atoms with E-state index < -0.39 is 16.7 Å². The quantitative estimate of drug-likeness (QED) is 0.555. The van der Waals surface area contributed by atoms with Crippen molar-refractivity contribution in [3.63, 3.8) is 0 Å². The summed E-state index contributed by atoms with van der Waals surface area (Å²) >= 11 is 0. The van der Waals surface area contributed by atoms with Gasteiger partial charge in [0, 0.05) is 20.2 Å². The lowest BCUT2D eigenvalue weighted by Crippen LogP contribution is -2.35. The second kappa shape index (κ2) is 6.72. The molecule has 0 fully saturated rings. The molecule has 100 valence electrons. The molecule has 0 aliphatic heterocycles. The molecule has 0 spiro atoms. The molecule has 0 saturated heterocycles. The van der Waals surface area contributed by atoms with Crippen molar-refractivity contribution in [3.05, 3.63) is 28.0 Å². The van der Waals surface area contributed by atoms with Crippen molar-refractivity contribution in [2.45, 2.75) is 0 Å². The van der Waals surface area contributed by atoms with E-state index in [0.29, 0.717) is 6.61 Å². The van der Waals surface area contributed by atoms with Crippen LogP contribution in [-0.4, -0.2) is 54.3 Å². The molecular formula is C10H14N2O6. The van der Waals surface area contributed by atoms with Gasteiger partial charge in [-0.15, -0.1) is 0 Å². The number of aliphatic hydroxyl groups is 1. The van der Waals surface area contributed by atoms with Crippen molar-refractivity contribution in [3.8, 4) is 0 Å². The molecule has 1 aromatic heterocycles. The van der Waals surface area contributed by atoms with Gasteiger partial charge >= 0.3 is 5.88 Å². The van der Waals surface area contributed by atoms with Gasteiger partial charge in [0.25, 0.3) is 5.91 Å². The second-order valence-electron chi connectivity index (χ2n) is 3.40. The summed E-state index contributed by atoms with van der Waals surface area (Å²) in [4.78, 5) is 22.9. The standard InChI is InChI=1S/C10H14N2O6/c1-17-7-5-11(4-6-13)10(14)8-2-3-9(18-8)12(15)16/h2-3,13H,4-7H2,1H3. The molecule has 0 aromatic carbocycles. The fraction of sp³-hybridized carbons (Fsp3) is 0.500. The third-order valence-electron chi connectivity index (χ3n) is 2.21. The number of furan rings is 1. The van der Waals surface area contributed by atoms with Crippen molar-refractivity contribution in [1.82, 2.24) is 4.90 Å². The van der Waals surface area contributed by atoms with Crippen LogP contribution in [0.25, 0.3) is 0 Å². The van der Waals surface area contributed by atoms with Crippen molar-refractivity contribution >= 4 is 11.8 Å². The van der Waals surface area contributed by atoms with E-state index in [1.165, 1.54) is 18.1 Å². The summed E-state index contributed by atoms with van der Waals surface area (Å²) in [7, 11) is 1.49. The summed E-state index contributed by atoms with van der Waals surface area (Å²) in [5, 5.41) is 19.3. The number of carbonyl (C=O) groups is 1. The normalized spacial score (nSPS) is 10.3. The molecule has 0 bridgehead atoms. The molecule has 1 aromatic rings. The molecule has 0 aliphatic carbocycles.